The molecule has 10 nitrogen and oxygen atoms in total. The summed E-state index contributed by atoms with van der Waals surface area (Å²) in [6, 6.07) is 16.6. The number of aliphatic hydroxyl groups is 1. The zero-order valence-corrected chi connectivity index (χ0v) is 31.3. The maximum atomic E-state index is 11.9. The third-order valence-corrected chi connectivity index (χ3v) is 10.7. The number of aromatic nitrogens is 1. The first kappa shape index (κ1) is 39.5. The number of benzene rings is 2. The van der Waals surface area contributed by atoms with Crippen LogP contribution in [0.3, 0.4) is 0 Å². The van der Waals surface area contributed by atoms with Crippen molar-refractivity contribution in [2.24, 2.45) is 0 Å². The molecule has 1 saturated heterocycles. The predicted octanol–water partition coefficient (Wildman–Crippen LogP) is 6.95. The smallest absolute Gasteiger partial charge is 0.326 e. The summed E-state index contributed by atoms with van der Waals surface area (Å²) < 4.78 is 17.7. The summed E-state index contributed by atoms with van der Waals surface area (Å²) >= 11 is 21.5. The molecule has 2 aliphatic rings. The Morgan fingerprint density at radius 1 is 1.10 bits per heavy atom. The molecule has 2 unspecified atom stereocenters. The van der Waals surface area contributed by atoms with E-state index >= 15 is 0 Å². The van der Waals surface area contributed by atoms with Crippen molar-refractivity contribution in [2.75, 3.05) is 39.5 Å². The molecule has 52 heavy (non-hydrogen) atoms. The van der Waals surface area contributed by atoms with Crippen molar-refractivity contribution >= 4 is 46.3 Å². The zero-order valence-electron chi connectivity index (χ0n) is 29.0. The molecule has 276 valence electrons. The summed E-state index contributed by atoms with van der Waals surface area (Å²) in [5, 5.41) is 31.9. The number of likely N-dealkylation sites (tertiary alicyclic amines) is 1. The molecular weight excluding hydrogens is 727 g/mol. The van der Waals surface area contributed by atoms with E-state index in [2.05, 4.69) is 21.3 Å². The van der Waals surface area contributed by atoms with Crippen molar-refractivity contribution in [3.05, 3.63) is 106 Å². The number of piperidine rings is 1. The third-order valence-electron chi connectivity index (χ3n) is 9.34. The number of aliphatic hydroxyl groups excluding tert-OH is 1. The maximum Gasteiger partial charge on any atom is 0.326 e. The van der Waals surface area contributed by atoms with Crippen LogP contribution in [0.4, 0.5) is 0 Å². The summed E-state index contributed by atoms with van der Waals surface area (Å²) in [6.45, 7) is 4.07. The van der Waals surface area contributed by atoms with Gasteiger partial charge < -0.3 is 29.3 Å². The molecule has 0 bridgehead atoms. The molecule has 1 fully saturated rings. The van der Waals surface area contributed by atoms with E-state index in [1.54, 1.807) is 24.4 Å². The Labute approximate surface area is 319 Å². The number of alkyl halides is 2. The van der Waals surface area contributed by atoms with Crippen LogP contribution >= 0.6 is 34.8 Å². The van der Waals surface area contributed by atoms with E-state index in [0.29, 0.717) is 34.6 Å². The molecule has 3 N–H and O–H groups in total. The highest BCUT2D eigenvalue weighted by molar-refractivity contribution is 6.55. The summed E-state index contributed by atoms with van der Waals surface area (Å²) in [4.78, 5) is 18.4. The average Bonchev–Trinajstić information content (AvgIpc) is 3.16. The Balaban J connectivity index is 1.42. The minimum Gasteiger partial charge on any atom is -0.488 e. The molecule has 0 spiro atoms. The molecule has 2 heterocycles. The molecule has 2 aromatic carbocycles. The van der Waals surface area contributed by atoms with Crippen LogP contribution in [0.1, 0.15) is 54.9 Å². The van der Waals surface area contributed by atoms with E-state index in [-0.39, 0.29) is 30.5 Å². The third kappa shape index (κ3) is 9.46. The first-order chi connectivity index (χ1) is 25.0. The number of hydrogen-bond donors (Lipinski definition) is 3. The molecule has 1 aliphatic carbocycles. The van der Waals surface area contributed by atoms with Gasteiger partial charge in [-0.05, 0) is 68.6 Å². The second-order valence-electron chi connectivity index (χ2n) is 13.2. The first-order valence-electron chi connectivity index (χ1n) is 17.2. The Morgan fingerprint density at radius 2 is 1.87 bits per heavy atom. The number of halogens is 3. The Morgan fingerprint density at radius 3 is 2.58 bits per heavy atom. The lowest BCUT2D eigenvalue weighted by molar-refractivity contribution is -0.145. The number of nitriles is 1. The maximum absolute atomic E-state index is 11.9. The standard InChI is InChI=1S/C39H43Cl3N4O6/c1-37(26-47,36(48)49)45-24-31-19-33(40)35(20-34(31)50-25-29-18-28(21-43)22-44-23-29)51-27-38(52-17-9-16-46-14-6-3-7-15-46)13-8-12-32(39(38,41)42)30-10-4-2-5-11-30/h2,4-5,8,10-13,18-20,22-23,45,47H,3,6-7,9,14-17,24-27H2,1H3,(H,48,49). The number of nitrogens with one attached hydrogen (secondary N) is 1. The van der Waals surface area contributed by atoms with Crippen LogP contribution in [0.15, 0.2) is 79.2 Å². The number of carbonyl (C=O) groups is 1. The van der Waals surface area contributed by atoms with Crippen molar-refractivity contribution in [1.29, 1.82) is 5.26 Å². The number of carboxylic acid groups (broad SMARTS) is 1. The highest BCUT2D eigenvalue weighted by Crippen LogP contribution is 2.50. The Kier molecular flexibility index (Phi) is 13.6. The highest BCUT2D eigenvalue weighted by Gasteiger charge is 2.54. The number of hydrogen-bond acceptors (Lipinski definition) is 9. The molecule has 0 saturated carbocycles. The quantitative estimate of drug-likeness (QED) is 0.0978. The van der Waals surface area contributed by atoms with E-state index in [9.17, 15) is 20.3 Å². The van der Waals surface area contributed by atoms with Crippen LogP contribution in [0.5, 0.6) is 11.5 Å². The number of nitrogens with zero attached hydrogens (tertiary/aromatic N) is 3. The Bertz CT molecular complexity index is 1790. The summed E-state index contributed by atoms with van der Waals surface area (Å²) in [5.74, 6) is -0.653. The fraction of sp³-hybridized carbons (Fsp3) is 0.410. The predicted molar refractivity (Wildman–Crippen MR) is 202 cm³/mol. The topological polar surface area (TPSA) is 137 Å². The molecule has 2 atom stereocenters. The van der Waals surface area contributed by atoms with Gasteiger partial charge in [-0.3, -0.25) is 15.1 Å². The van der Waals surface area contributed by atoms with Crippen molar-refractivity contribution in [1.82, 2.24) is 15.2 Å². The molecule has 13 heteroatoms. The van der Waals surface area contributed by atoms with Gasteiger partial charge in [0, 0.05) is 49.3 Å². The van der Waals surface area contributed by atoms with E-state index in [0.717, 1.165) is 31.6 Å². The Hall–Kier alpha value is -3.66. The van der Waals surface area contributed by atoms with Crippen molar-refractivity contribution < 1.29 is 29.2 Å². The van der Waals surface area contributed by atoms with Crippen molar-refractivity contribution in [2.45, 2.75) is 61.2 Å². The van der Waals surface area contributed by atoms with E-state index < -0.39 is 28.0 Å². The van der Waals surface area contributed by atoms with Gasteiger partial charge in [-0.2, -0.15) is 5.26 Å². The number of allylic oxidation sites excluding steroid dienone is 2. The normalized spacial score (nSPS) is 19.7. The molecule has 0 radical (unpaired) electrons. The molecule has 0 amide bonds. The van der Waals surface area contributed by atoms with Gasteiger partial charge in [0.15, 0.2) is 9.93 Å². The second-order valence-corrected chi connectivity index (χ2v) is 14.9. The van der Waals surface area contributed by atoms with E-state index in [1.807, 2.05) is 48.6 Å². The molecule has 1 aromatic heterocycles. The van der Waals surface area contributed by atoms with Gasteiger partial charge in [0.2, 0.25) is 0 Å². The molecule has 3 aromatic rings. The fourth-order valence-electron chi connectivity index (χ4n) is 6.10. The second kappa shape index (κ2) is 17.9. The number of aliphatic carboxylic acids is 1. The average molecular weight is 770 g/mol. The van der Waals surface area contributed by atoms with Gasteiger partial charge >= 0.3 is 5.97 Å². The lowest BCUT2D eigenvalue weighted by atomic mass is 9.85. The highest BCUT2D eigenvalue weighted by atomic mass is 35.5. The molecule has 5 rings (SSSR count). The SMILES string of the molecule is CC(CO)(NCc1cc(Cl)c(OCC2(OCCCN3CCCCC3)C=CC=C(c3ccccc3)C2(Cl)Cl)cc1OCc1cncc(C#N)c1)C(=O)O. The van der Waals surface area contributed by atoms with Crippen LogP contribution in [0, 0.1) is 11.3 Å². The monoisotopic (exact) mass is 768 g/mol. The fourth-order valence-corrected chi connectivity index (χ4v) is 7.03. The minimum absolute atomic E-state index is 0.0142. The number of rotatable bonds is 17. The van der Waals surface area contributed by atoms with Gasteiger partial charge in [-0.25, -0.2) is 0 Å². The lowest BCUT2D eigenvalue weighted by Gasteiger charge is -2.43. The van der Waals surface area contributed by atoms with Gasteiger partial charge in [0.05, 0.1) is 17.2 Å². The van der Waals surface area contributed by atoms with Gasteiger partial charge in [-0.15, -0.1) is 0 Å². The first-order valence-corrected chi connectivity index (χ1v) is 18.3. The number of ether oxygens (including phenoxy) is 3. The summed E-state index contributed by atoms with van der Waals surface area (Å²) in [5.41, 5.74) is 0.0735. The number of pyridine rings is 1. The van der Waals surface area contributed by atoms with Crippen LogP contribution in [0.2, 0.25) is 5.02 Å². The zero-order chi connectivity index (χ0) is 37.2. The molecular formula is C39H43Cl3N4O6. The van der Waals surface area contributed by atoms with Crippen molar-refractivity contribution in [3.8, 4) is 17.6 Å². The molecule has 1 aliphatic heterocycles. The van der Waals surface area contributed by atoms with E-state index in [4.69, 9.17) is 49.0 Å². The van der Waals surface area contributed by atoms with Gasteiger partial charge in [0.1, 0.15) is 36.3 Å². The van der Waals surface area contributed by atoms with Crippen LogP contribution in [-0.2, 0) is 22.7 Å². The number of carboxylic acids is 1. The van der Waals surface area contributed by atoms with Crippen molar-refractivity contribution in [3.63, 3.8) is 0 Å². The van der Waals surface area contributed by atoms with Gasteiger partial charge in [0.25, 0.3) is 0 Å². The largest absolute Gasteiger partial charge is 0.488 e. The van der Waals surface area contributed by atoms with Crippen LogP contribution in [0.25, 0.3) is 5.57 Å². The summed E-state index contributed by atoms with van der Waals surface area (Å²) in [7, 11) is 0. The lowest BCUT2D eigenvalue weighted by Crippen LogP contribution is -2.53. The van der Waals surface area contributed by atoms with Gasteiger partial charge in [-0.1, -0.05) is 83.7 Å². The van der Waals surface area contributed by atoms with Crippen LogP contribution in [-0.4, -0.2) is 81.0 Å². The van der Waals surface area contributed by atoms with Crippen LogP contribution < -0.4 is 14.8 Å². The summed E-state index contributed by atoms with van der Waals surface area (Å²) in [6.07, 6.45) is 13.0. The van der Waals surface area contributed by atoms with E-state index in [1.165, 1.54) is 32.4 Å². The minimum atomic E-state index is -1.62.